The molecule has 150 valence electrons. The second kappa shape index (κ2) is 8.36. The summed E-state index contributed by atoms with van der Waals surface area (Å²) in [6, 6.07) is 14.7. The molecule has 7 heteroatoms. The summed E-state index contributed by atoms with van der Waals surface area (Å²) in [5, 5.41) is 6.71. The Kier molecular flexibility index (Phi) is 5.48. The maximum Gasteiger partial charge on any atom is 0.323 e. The first-order valence-electron chi connectivity index (χ1n) is 9.58. The van der Waals surface area contributed by atoms with E-state index in [-0.39, 0.29) is 6.03 Å². The summed E-state index contributed by atoms with van der Waals surface area (Å²) in [5.41, 5.74) is 3.44. The van der Waals surface area contributed by atoms with Crippen LogP contribution in [0.5, 0.6) is 5.75 Å². The molecule has 0 aliphatic carbocycles. The molecule has 2 amide bonds. The van der Waals surface area contributed by atoms with Crippen LogP contribution in [0.2, 0.25) is 0 Å². The highest BCUT2D eigenvalue weighted by molar-refractivity contribution is 6.01. The summed E-state index contributed by atoms with van der Waals surface area (Å²) >= 11 is 0. The van der Waals surface area contributed by atoms with E-state index in [1.165, 1.54) is 0 Å². The molecular weight excluding hydrogens is 368 g/mol. The van der Waals surface area contributed by atoms with Crippen molar-refractivity contribution < 1.29 is 14.3 Å². The fraction of sp³-hybridized carbons (Fsp3) is 0.273. The molecule has 4 rings (SSSR count). The number of anilines is 3. The highest BCUT2D eigenvalue weighted by Gasteiger charge is 2.14. The Morgan fingerprint density at radius 3 is 2.45 bits per heavy atom. The first kappa shape index (κ1) is 19.0. The number of amides is 2. The smallest absolute Gasteiger partial charge is 0.323 e. The van der Waals surface area contributed by atoms with E-state index in [1.54, 1.807) is 31.4 Å². The van der Waals surface area contributed by atoms with Gasteiger partial charge in [-0.25, -0.2) is 9.78 Å². The molecule has 3 aromatic rings. The first-order valence-corrected chi connectivity index (χ1v) is 9.58. The van der Waals surface area contributed by atoms with Crippen molar-refractivity contribution >= 4 is 34.1 Å². The number of aryl methyl sites for hydroxylation is 1. The van der Waals surface area contributed by atoms with Crippen LogP contribution in [-0.4, -0.2) is 44.4 Å². The molecule has 1 fully saturated rings. The SMILES string of the molecule is COc1ccc(NC(=O)Nc2ccc3nc(N4CCOCC4)cc(C)c3c2)cc1. The maximum absolute atomic E-state index is 12.3. The van der Waals surface area contributed by atoms with Crippen LogP contribution in [0.15, 0.2) is 48.5 Å². The van der Waals surface area contributed by atoms with Crippen LogP contribution < -0.4 is 20.3 Å². The van der Waals surface area contributed by atoms with Gasteiger partial charge < -0.3 is 25.0 Å². The van der Waals surface area contributed by atoms with E-state index < -0.39 is 0 Å². The van der Waals surface area contributed by atoms with Gasteiger partial charge in [0.15, 0.2) is 0 Å². The Hall–Kier alpha value is -3.32. The molecular formula is C22H24N4O3. The third-order valence-corrected chi connectivity index (χ3v) is 4.94. The molecule has 0 radical (unpaired) electrons. The summed E-state index contributed by atoms with van der Waals surface area (Å²) in [6.45, 7) is 5.22. The molecule has 0 atom stereocenters. The Labute approximate surface area is 169 Å². The monoisotopic (exact) mass is 392 g/mol. The number of fused-ring (bicyclic) bond motifs is 1. The second-order valence-corrected chi connectivity index (χ2v) is 6.94. The fourth-order valence-corrected chi connectivity index (χ4v) is 3.38. The lowest BCUT2D eigenvalue weighted by Gasteiger charge is -2.28. The van der Waals surface area contributed by atoms with Crippen molar-refractivity contribution in [1.29, 1.82) is 0 Å². The zero-order valence-electron chi connectivity index (χ0n) is 16.6. The number of hydrogen-bond donors (Lipinski definition) is 2. The molecule has 1 saturated heterocycles. The number of benzene rings is 2. The molecule has 0 bridgehead atoms. The quantitative estimate of drug-likeness (QED) is 0.701. The fourth-order valence-electron chi connectivity index (χ4n) is 3.38. The van der Waals surface area contributed by atoms with E-state index in [2.05, 4.69) is 28.5 Å². The number of carbonyl (C=O) groups excluding carboxylic acids is 1. The standard InChI is InChI=1S/C22H24N4O3/c1-15-13-21(26-9-11-29-12-10-26)25-20-8-5-17(14-19(15)20)24-22(27)23-16-3-6-18(28-2)7-4-16/h3-8,13-14H,9-12H2,1-2H3,(H2,23,24,27). The number of nitrogens with one attached hydrogen (secondary N) is 2. The molecule has 0 saturated carbocycles. The van der Waals surface area contributed by atoms with Gasteiger partial charge in [0.2, 0.25) is 0 Å². The van der Waals surface area contributed by atoms with Crippen LogP contribution in [0.4, 0.5) is 22.0 Å². The normalized spacial score (nSPS) is 13.9. The average Bonchev–Trinajstić information content (AvgIpc) is 2.75. The first-order chi connectivity index (χ1) is 14.1. The van der Waals surface area contributed by atoms with Gasteiger partial charge in [-0.2, -0.15) is 0 Å². The van der Waals surface area contributed by atoms with Crippen molar-refractivity contribution in [3.8, 4) is 5.75 Å². The number of methoxy groups -OCH3 is 1. The van der Waals surface area contributed by atoms with Crippen molar-refractivity contribution in [1.82, 2.24) is 4.98 Å². The van der Waals surface area contributed by atoms with Gasteiger partial charge in [0, 0.05) is 29.9 Å². The molecule has 2 heterocycles. The van der Waals surface area contributed by atoms with Crippen LogP contribution in [0, 0.1) is 6.92 Å². The summed E-state index contributed by atoms with van der Waals surface area (Å²) in [4.78, 5) is 19.4. The van der Waals surface area contributed by atoms with Crippen molar-refractivity contribution in [2.24, 2.45) is 0 Å². The van der Waals surface area contributed by atoms with Gasteiger partial charge in [0.25, 0.3) is 0 Å². The number of pyridine rings is 1. The predicted octanol–water partition coefficient (Wildman–Crippen LogP) is 4.03. The van der Waals surface area contributed by atoms with Crippen LogP contribution in [0.1, 0.15) is 5.56 Å². The summed E-state index contributed by atoms with van der Waals surface area (Å²) < 4.78 is 10.5. The highest BCUT2D eigenvalue weighted by atomic mass is 16.5. The number of carbonyl (C=O) groups is 1. The van der Waals surface area contributed by atoms with E-state index in [4.69, 9.17) is 14.5 Å². The summed E-state index contributed by atoms with van der Waals surface area (Å²) in [5.74, 6) is 1.71. The van der Waals surface area contributed by atoms with Gasteiger partial charge in [-0.1, -0.05) is 0 Å². The van der Waals surface area contributed by atoms with Crippen LogP contribution in [0.3, 0.4) is 0 Å². The lowest BCUT2D eigenvalue weighted by molar-refractivity contribution is 0.122. The lowest BCUT2D eigenvalue weighted by atomic mass is 10.1. The van der Waals surface area contributed by atoms with E-state index in [1.807, 2.05) is 18.2 Å². The molecule has 1 aliphatic rings. The molecule has 0 unspecified atom stereocenters. The minimum Gasteiger partial charge on any atom is -0.497 e. The zero-order valence-corrected chi connectivity index (χ0v) is 16.6. The van der Waals surface area contributed by atoms with Crippen LogP contribution in [0.25, 0.3) is 10.9 Å². The number of rotatable bonds is 4. The molecule has 7 nitrogen and oxygen atoms in total. The van der Waals surface area contributed by atoms with Crippen molar-refractivity contribution in [2.75, 3.05) is 48.9 Å². The van der Waals surface area contributed by atoms with Gasteiger partial charge in [-0.15, -0.1) is 0 Å². The lowest BCUT2D eigenvalue weighted by Crippen LogP contribution is -2.36. The van der Waals surface area contributed by atoms with Crippen molar-refractivity contribution in [3.05, 3.63) is 54.1 Å². The highest BCUT2D eigenvalue weighted by Crippen LogP contribution is 2.26. The number of ether oxygens (including phenoxy) is 2. The van der Waals surface area contributed by atoms with E-state index in [0.29, 0.717) is 11.4 Å². The van der Waals surface area contributed by atoms with Crippen LogP contribution in [-0.2, 0) is 4.74 Å². The number of aromatic nitrogens is 1. The van der Waals surface area contributed by atoms with Gasteiger partial charge in [0.05, 0.1) is 25.8 Å². The maximum atomic E-state index is 12.3. The number of nitrogens with zero attached hydrogens (tertiary/aromatic N) is 2. The topological polar surface area (TPSA) is 75.7 Å². The van der Waals surface area contributed by atoms with E-state index in [0.717, 1.165) is 54.3 Å². The molecule has 2 aromatic carbocycles. The Morgan fingerprint density at radius 2 is 1.72 bits per heavy atom. The number of hydrogen-bond acceptors (Lipinski definition) is 5. The molecule has 29 heavy (non-hydrogen) atoms. The number of urea groups is 1. The van der Waals surface area contributed by atoms with Gasteiger partial charge >= 0.3 is 6.03 Å². The molecule has 1 aromatic heterocycles. The Bertz CT molecular complexity index is 1010. The van der Waals surface area contributed by atoms with Gasteiger partial charge in [-0.3, -0.25) is 0 Å². The Morgan fingerprint density at radius 1 is 1.03 bits per heavy atom. The molecule has 2 N–H and O–H groups in total. The average molecular weight is 392 g/mol. The molecule has 0 spiro atoms. The third kappa shape index (κ3) is 4.41. The minimum absolute atomic E-state index is 0.301. The molecule has 1 aliphatic heterocycles. The Balaban J connectivity index is 1.49. The van der Waals surface area contributed by atoms with E-state index in [9.17, 15) is 4.79 Å². The van der Waals surface area contributed by atoms with E-state index >= 15 is 0 Å². The second-order valence-electron chi connectivity index (χ2n) is 6.94. The van der Waals surface area contributed by atoms with Crippen molar-refractivity contribution in [3.63, 3.8) is 0 Å². The number of morpholine rings is 1. The van der Waals surface area contributed by atoms with Gasteiger partial charge in [-0.05, 0) is 61.0 Å². The van der Waals surface area contributed by atoms with Crippen LogP contribution >= 0.6 is 0 Å². The predicted molar refractivity (Wildman–Crippen MR) is 115 cm³/mol. The van der Waals surface area contributed by atoms with Crippen molar-refractivity contribution in [2.45, 2.75) is 6.92 Å². The third-order valence-electron chi connectivity index (χ3n) is 4.94. The summed E-state index contributed by atoms with van der Waals surface area (Å²) in [7, 11) is 1.61. The van der Waals surface area contributed by atoms with Gasteiger partial charge in [0.1, 0.15) is 11.6 Å². The zero-order chi connectivity index (χ0) is 20.2. The minimum atomic E-state index is -0.301. The summed E-state index contributed by atoms with van der Waals surface area (Å²) in [6.07, 6.45) is 0. The largest absolute Gasteiger partial charge is 0.497 e.